The number of rotatable bonds is 6. The molecule has 2 aromatic rings. The number of ether oxygens (including phenoxy) is 1. The first-order valence-corrected chi connectivity index (χ1v) is 9.74. The molecule has 28 heavy (non-hydrogen) atoms. The fourth-order valence-corrected chi connectivity index (χ4v) is 3.89. The third-order valence-electron chi connectivity index (χ3n) is 3.99. The third kappa shape index (κ3) is 4.78. The molecule has 1 aliphatic heterocycles. The Hall–Kier alpha value is -2.66. The number of hydrogen-bond donors (Lipinski definition) is 1. The first kappa shape index (κ1) is 20.1. The molecule has 0 radical (unpaired) electrons. The second-order valence-electron chi connectivity index (χ2n) is 5.99. The van der Waals surface area contributed by atoms with Crippen molar-refractivity contribution in [3.05, 3.63) is 48.2 Å². The quantitative estimate of drug-likeness (QED) is 0.784. The van der Waals surface area contributed by atoms with E-state index in [0.29, 0.717) is 30.8 Å². The summed E-state index contributed by atoms with van der Waals surface area (Å²) < 4.78 is 68.5. The zero-order chi connectivity index (χ0) is 20.4. The second kappa shape index (κ2) is 7.76. The molecular formula is C17H16F3N3O4S. The zero-order valence-electron chi connectivity index (χ0n) is 14.4. The van der Waals surface area contributed by atoms with E-state index in [1.165, 1.54) is 23.2 Å². The Morgan fingerprint density at radius 2 is 1.96 bits per heavy atom. The number of benzene rings is 1. The molecule has 1 N–H and O–H groups in total. The SMILES string of the molecule is O=C1CCCN1c1cc(CNS(=O)(=O)c2ccccc2OC(F)(F)F)ccn1. The summed E-state index contributed by atoms with van der Waals surface area (Å²) in [7, 11) is -4.28. The molecule has 1 aromatic carbocycles. The van der Waals surface area contributed by atoms with E-state index in [1.807, 2.05) is 0 Å². The molecule has 150 valence electrons. The Morgan fingerprint density at radius 1 is 1.21 bits per heavy atom. The van der Waals surface area contributed by atoms with Crippen LogP contribution in [0.3, 0.4) is 0 Å². The van der Waals surface area contributed by atoms with Gasteiger partial charge in [0.05, 0.1) is 0 Å². The Morgan fingerprint density at radius 3 is 2.64 bits per heavy atom. The first-order chi connectivity index (χ1) is 13.2. The number of pyridine rings is 1. The number of nitrogens with one attached hydrogen (secondary N) is 1. The molecule has 11 heteroatoms. The fraction of sp³-hybridized carbons (Fsp3) is 0.294. The fourth-order valence-electron chi connectivity index (χ4n) is 2.75. The van der Waals surface area contributed by atoms with Gasteiger partial charge in [0.2, 0.25) is 15.9 Å². The Kier molecular flexibility index (Phi) is 5.57. The van der Waals surface area contributed by atoms with Crippen LogP contribution in [0.4, 0.5) is 19.0 Å². The molecule has 0 aliphatic carbocycles. The van der Waals surface area contributed by atoms with Gasteiger partial charge in [0.15, 0.2) is 0 Å². The topological polar surface area (TPSA) is 88.6 Å². The van der Waals surface area contributed by atoms with Crippen LogP contribution in [0.2, 0.25) is 0 Å². The van der Waals surface area contributed by atoms with Gasteiger partial charge in [-0.15, -0.1) is 13.2 Å². The summed E-state index contributed by atoms with van der Waals surface area (Å²) in [5.74, 6) is -0.482. The number of amides is 1. The van der Waals surface area contributed by atoms with Gasteiger partial charge < -0.3 is 4.74 Å². The van der Waals surface area contributed by atoms with Crippen molar-refractivity contribution in [2.24, 2.45) is 0 Å². The average molecular weight is 415 g/mol. The summed E-state index contributed by atoms with van der Waals surface area (Å²) in [5.41, 5.74) is 0.502. The van der Waals surface area contributed by atoms with E-state index >= 15 is 0 Å². The maximum Gasteiger partial charge on any atom is 0.573 e. The Labute approximate surface area is 159 Å². The number of anilines is 1. The van der Waals surface area contributed by atoms with Crippen LogP contribution in [0, 0.1) is 0 Å². The smallest absolute Gasteiger partial charge is 0.404 e. The Bertz CT molecular complexity index is 980. The summed E-state index contributed by atoms with van der Waals surface area (Å²) >= 11 is 0. The second-order valence-corrected chi connectivity index (χ2v) is 7.73. The van der Waals surface area contributed by atoms with E-state index in [9.17, 15) is 26.4 Å². The van der Waals surface area contributed by atoms with E-state index in [2.05, 4.69) is 14.4 Å². The maximum atomic E-state index is 12.5. The van der Waals surface area contributed by atoms with Crippen LogP contribution in [0.25, 0.3) is 0 Å². The Balaban J connectivity index is 1.77. The minimum atomic E-state index is -5.02. The average Bonchev–Trinajstić information content (AvgIpc) is 3.05. The summed E-state index contributed by atoms with van der Waals surface area (Å²) in [6.45, 7) is 0.337. The van der Waals surface area contributed by atoms with Crippen molar-refractivity contribution >= 4 is 21.7 Å². The number of sulfonamides is 1. The normalized spacial score (nSPS) is 15.1. The van der Waals surface area contributed by atoms with E-state index in [4.69, 9.17) is 0 Å². The minimum Gasteiger partial charge on any atom is -0.404 e. The van der Waals surface area contributed by atoms with Crippen molar-refractivity contribution in [3.8, 4) is 5.75 Å². The number of halogens is 3. The van der Waals surface area contributed by atoms with Crippen LogP contribution >= 0.6 is 0 Å². The highest BCUT2D eigenvalue weighted by molar-refractivity contribution is 7.89. The summed E-state index contributed by atoms with van der Waals surface area (Å²) in [6, 6.07) is 7.58. The van der Waals surface area contributed by atoms with Crippen LogP contribution in [0.5, 0.6) is 5.75 Å². The highest BCUT2D eigenvalue weighted by Gasteiger charge is 2.34. The highest BCUT2D eigenvalue weighted by atomic mass is 32.2. The van der Waals surface area contributed by atoms with Gasteiger partial charge >= 0.3 is 6.36 Å². The number of hydrogen-bond acceptors (Lipinski definition) is 5. The van der Waals surface area contributed by atoms with Gasteiger partial charge in [0, 0.05) is 25.7 Å². The van der Waals surface area contributed by atoms with Crippen LogP contribution in [-0.4, -0.2) is 32.2 Å². The van der Waals surface area contributed by atoms with E-state index in [1.54, 1.807) is 12.1 Å². The number of alkyl halides is 3. The summed E-state index contributed by atoms with van der Waals surface area (Å²) in [6.07, 6.45) is -2.44. The molecule has 0 bridgehead atoms. The molecule has 0 spiro atoms. The van der Waals surface area contributed by atoms with Crippen LogP contribution in [0.15, 0.2) is 47.5 Å². The predicted octanol–water partition coefficient (Wildman–Crippen LogP) is 2.59. The number of nitrogens with zero attached hydrogens (tertiary/aromatic N) is 2. The van der Waals surface area contributed by atoms with Gasteiger partial charge in [-0.25, -0.2) is 18.1 Å². The summed E-state index contributed by atoms with van der Waals surface area (Å²) in [4.78, 5) is 16.8. The molecule has 0 unspecified atom stereocenters. The van der Waals surface area contributed by atoms with Crippen molar-refractivity contribution in [2.45, 2.75) is 30.6 Å². The lowest BCUT2D eigenvalue weighted by Crippen LogP contribution is -2.27. The van der Waals surface area contributed by atoms with Gasteiger partial charge in [0.1, 0.15) is 16.5 Å². The third-order valence-corrected chi connectivity index (χ3v) is 5.43. The molecule has 1 saturated heterocycles. The molecular weight excluding hydrogens is 399 g/mol. The first-order valence-electron chi connectivity index (χ1n) is 8.25. The van der Waals surface area contributed by atoms with Crippen molar-refractivity contribution in [1.29, 1.82) is 0 Å². The molecule has 0 atom stereocenters. The molecule has 1 aromatic heterocycles. The standard InChI is InChI=1S/C17H16F3N3O4S/c18-17(19,20)27-13-4-1-2-5-14(13)28(25,26)22-11-12-7-8-21-15(10-12)23-9-3-6-16(23)24/h1-2,4-5,7-8,10,22H,3,6,9,11H2. The van der Waals surface area contributed by atoms with E-state index < -0.39 is 27.0 Å². The van der Waals surface area contributed by atoms with Crippen LogP contribution < -0.4 is 14.4 Å². The minimum absolute atomic E-state index is 0.0662. The molecule has 7 nitrogen and oxygen atoms in total. The number of aromatic nitrogens is 1. The van der Waals surface area contributed by atoms with Crippen molar-refractivity contribution < 1.29 is 31.1 Å². The molecule has 1 amide bonds. The number of carbonyl (C=O) groups is 1. The summed E-state index contributed by atoms with van der Waals surface area (Å²) in [5, 5.41) is 0. The molecule has 1 fully saturated rings. The van der Waals surface area contributed by atoms with Gasteiger partial charge in [-0.1, -0.05) is 12.1 Å². The predicted molar refractivity (Wildman–Crippen MR) is 93.0 cm³/mol. The lowest BCUT2D eigenvalue weighted by molar-refractivity contribution is -0.275. The van der Waals surface area contributed by atoms with E-state index in [-0.39, 0.29) is 12.5 Å². The van der Waals surface area contributed by atoms with Crippen LogP contribution in [0.1, 0.15) is 18.4 Å². The highest BCUT2D eigenvalue weighted by Crippen LogP contribution is 2.29. The van der Waals surface area contributed by atoms with Crippen molar-refractivity contribution in [2.75, 3.05) is 11.4 Å². The van der Waals surface area contributed by atoms with Crippen LogP contribution in [-0.2, 0) is 21.4 Å². The van der Waals surface area contributed by atoms with Gasteiger partial charge in [-0.3, -0.25) is 9.69 Å². The molecule has 1 aliphatic rings. The molecule has 3 rings (SSSR count). The largest absolute Gasteiger partial charge is 0.573 e. The van der Waals surface area contributed by atoms with E-state index in [0.717, 1.165) is 12.1 Å². The molecule has 2 heterocycles. The lowest BCUT2D eigenvalue weighted by atomic mass is 10.2. The lowest BCUT2D eigenvalue weighted by Gasteiger charge is -2.16. The number of carbonyl (C=O) groups excluding carboxylic acids is 1. The van der Waals surface area contributed by atoms with Gasteiger partial charge in [-0.2, -0.15) is 0 Å². The van der Waals surface area contributed by atoms with Gasteiger partial charge in [0.25, 0.3) is 0 Å². The van der Waals surface area contributed by atoms with Crippen molar-refractivity contribution in [1.82, 2.24) is 9.71 Å². The molecule has 0 saturated carbocycles. The van der Waals surface area contributed by atoms with Crippen molar-refractivity contribution in [3.63, 3.8) is 0 Å². The zero-order valence-corrected chi connectivity index (χ0v) is 15.3. The maximum absolute atomic E-state index is 12.5. The van der Waals surface area contributed by atoms with Gasteiger partial charge in [-0.05, 0) is 36.2 Å². The number of para-hydroxylation sites is 1. The monoisotopic (exact) mass is 415 g/mol.